The van der Waals surface area contributed by atoms with Crippen molar-refractivity contribution in [2.45, 2.75) is 19.4 Å². The second kappa shape index (κ2) is 4.59. The Labute approximate surface area is 97.5 Å². The Morgan fingerprint density at radius 2 is 2.44 bits per heavy atom. The van der Waals surface area contributed by atoms with Gasteiger partial charge in [-0.05, 0) is 24.6 Å². The average Bonchev–Trinajstić information content (AvgIpc) is 2.75. The molecule has 0 unspecified atom stereocenters. The van der Waals surface area contributed by atoms with Gasteiger partial charge in [-0.2, -0.15) is 0 Å². The first-order chi connectivity index (χ1) is 7.70. The molecule has 84 valence electrons. The first-order valence-electron chi connectivity index (χ1n) is 5.10. The number of amides is 1. The molecule has 1 atom stereocenters. The number of thiazole rings is 1. The van der Waals surface area contributed by atoms with Gasteiger partial charge in [0, 0.05) is 5.69 Å². The highest BCUT2D eigenvalue weighted by Crippen LogP contribution is 2.21. The molecule has 0 aliphatic heterocycles. The Bertz CT molecular complexity index is 509. The van der Waals surface area contributed by atoms with E-state index < -0.39 is 6.04 Å². The van der Waals surface area contributed by atoms with E-state index in [-0.39, 0.29) is 5.91 Å². The highest BCUT2D eigenvalue weighted by Gasteiger charge is 2.11. The average molecular weight is 235 g/mol. The van der Waals surface area contributed by atoms with Gasteiger partial charge in [-0.3, -0.25) is 4.79 Å². The molecule has 0 radical (unpaired) electrons. The van der Waals surface area contributed by atoms with Crippen LogP contribution in [0.4, 0.5) is 5.69 Å². The maximum atomic E-state index is 11.6. The topological polar surface area (TPSA) is 68.0 Å². The summed E-state index contributed by atoms with van der Waals surface area (Å²) in [6.07, 6.45) is 0.634. The zero-order valence-electron chi connectivity index (χ0n) is 8.93. The summed E-state index contributed by atoms with van der Waals surface area (Å²) in [5.41, 5.74) is 9.14. The third-order valence-corrected chi connectivity index (χ3v) is 3.17. The first kappa shape index (κ1) is 11.0. The summed E-state index contributed by atoms with van der Waals surface area (Å²) in [5, 5.41) is 2.79. The minimum Gasteiger partial charge on any atom is -0.325 e. The van der Waals surface area contributed by atoms with Crippen molar-refractivity contribution < 1.29 is 4.79 Å². The van der Waals surface area contributed by atoms with E-state index in [4.69, 9.17) is 5.73 Å². The molecule has 16 heavy (non-hydrogen) atoms. The number of nitrogens with zero attached hydrogens (tertiary/aromatic N) is 1. The smallest absolute Gasteiger partial charge is 0.241 e. The van der Waals surface area contributed by atoms with E-state index in [1.165, 1.54) is 0 Å². The van der Waals surface area contributed by atoms with E-state index in [0.717, 1.165) is 15.9 Å². The molecule has 1 heterocycles. The third kappa shape index (κ3) is 2.20. The monoisotopic (exact) mass is 235 g/mol. The van der Waals surface area contributed by atoms with Crippen molar-refractivity contribution in [1.82, 2.24) is 4.98 Å². The van der Waals surface area contributed by atoms with Crippen molar-refractivity contribution in [3.8, 4) is 0 Å². The molecule has 0 aliphatic carbocycles. The van der Waals surface area contributed by atoms with Gasteiger partial charge in [0.05, 0.1) is 21.8 Å². The fourth-order valence-electron chi connectivity index (χ4n) is 1.35. The molecule has 1 amide bonds. The van der Waals surface area contributed by atoms with Crippen LogP contribution in [0, 0.1) is 0 Å². The van der Waals surface area contributed by atoms with Crippen LogP contribution in [0.3, 0.4) is 0 Å². The lowest BCUT2D eigenvalue weighted by Gasteiger charge is -2.09. The maximum Gasteiger partial charge on any atom is 0.241 e. The van der Waals surface area contributed by atoms with Gasteiger partial charge >= 0.3 is 0 Å². The molecule has 2 aromatic rings. The number of nitrogens with two attached hydrogens (primary N) is 1. The maximum absolute atomic E-state index is 11.6. The molecule has 0 saturated heterocycles. The minimum atomic E-state index is -0.447. The molecule has 2 rings (SSSR count). The van der Waals surface area contributed by atoms with Crippen LogP contribution in [0.1, 0.15) is 13.3 Å². The van der Waals surface area contributed by atoms with Gasteiger partial charge < -0.3 is 11.1 Å². The normalized spacial score (nSPS) is 12.6. The quantitative estimate of drug-likeness (QED) is 0.854. The van der Waals surface area contributed by atoms with Gasteiger partial charge in [0.15, 0.2) is 0 Å². The SMILES string of the molecule is CC[C@@H](N)C(=O)Nc1ccc2ncsc2c1. The van der Waals surface area contributed by atoms with Crippen molar-refractivity contribution in [2.75, 3.05) is 5.32 Å². The van der Waals surface area contributed by atoms with Crippen LogP contribution >= 0.6 is 11.3 Å². The summed E-state index contributed by atoms with van der Waals surface area (Å²) in [7, 11) is 0. The van der Waals surface area contributed by atoms with Crippen LogP contribution in [0.2, 0.25) is 0 Å². The van der Waals surface area contributed by atoms with Crippen molar-refractivity contribution >= 4 is 33.1 Å². The van der Waals surface area contributed by atoms with E-state index in [0.29, 0.717) is 6.42 Å². The number of benzene rings is 1. The Kier molecular flexibility index (Phi) is 3.17. The van der Waals surface area contributed by atoms with Crippen LogP contribution < -0.4 is 11.1 Å². The highest BCUT2D eigenvalue weighted by molar-refractivity contribution is 7.16. The molecule has 1 aromatic carbocycles. The van der Waals surface area contributed by atoms with E-state index in [1.54, 1.807) is 16.8 Å². The molecular formula is C11H13N3OS. The van der Waals surface area contributed by atoms with Gasteiger partial charge in [-0.1, -0.05) is 6.92 Å². The number of carbonyl (C=O) groups excluding carboxylic acids is 1. The zero-order valence-corrected chi connectivity index (χ0v) is 9.75. The highest BCUT2D eigenvalue weighted by atomic mass is 32.1. The molecule has 5 heteroatoms. The molecule has 0 fully saturated rings. The lowest BCUT2D eigenvalue weighted by atomic mass is 10.2. The molecule has 0 spiro atoms. The van der Waals surface area contributed by atoms with Gasteiger partial charge in [0.1, 0.15) is 0 Å². The summed E-state index contributed by atoms with van der Waals surface area (Å²) >= 11 is 1.55. The number of aromatic nitrogens is 1. The number of carbonyl (C=O) groups is 1. The number of rotatable bonds is 3. The van der Waals surface area contributed by atoms with Gasteiger partial charge in [0.2, 0.25) is 5.91 Å². The fourth-order valence-corrected chi connectivity index (χ4v) is 2.07. The largest absolute Gasteiger partial charge is 0.325 e. The number of hydrogen-bond acceptors (Lipinski definition) is 4. The Morgan fingerprint density at radius 1 is 1.62 bits per heavy atom. The standard InChI is InChI=1S/C11H13N3OS/c1-2-8(12)11(15)14-7-3-4-9-10(5-7)16-6-13-9/h3-6,8H,2,12H2,1H3,(H,14,15)/t8-/m1/s1. The summed E-state index contributed by atoms with van der Waals surface area (Å²) in [6.45, 7) is 1.89. The van der Waals surface area contributed by atoms with E-state index >= 15 is 0 Å². The first-order valence-corrected chi connectivity index (χ1v) is 5.98. The second-order valence-electron chi connectivity index (χ2n) is 3.54. The second-order valence-corrected chi connectivity index (χ2v) is 4.43. The number of fused-ring (bicyclic) bond motifs is 1. The minimum absolute atomic E-state index is 0.147. The van der Waals surface area contributed by atoms with E-state index in [1.807, 2.05) is 25.1 Å². The predicted octanol–water partition coefficient (Wildman–Crippen LogP) is 1.97. The summed E-state index contributed by atoms with van der Waals surface area (Å²) in [4.78, 5) is 15.7. The molecule has 0 aliphatic rings. The zero-order chi connectivity index (χ0) is 11.5. The molecule has 0 bridgehead atoms. The van der Waals surface area contributed by atoms with Crippen LogP contribution in [0.15, 0.2) is 23.7 Å². The predicted molar refractivity (Wildman–Crippen MR) is 66.5 cm³/mol. The van der Waals surface area contributed by atoms with Crippen molar-refractivity contribution in [1.29, 1.82) is 0 Å². The summed E-state index contributed by atoms with van der Waals surface area (Å²) < 4.78 is 1.06. The molecule has 4 nitrogen and oxygen atoms in total. The fraction of sp³-hybridized carbons (Fsp3) is 0.273. The van der Waals surface area contributed by atoms with Gasteiger partial charge in [0.25, 0.3) is 0 Å². The number of anilines is 1. The lowest BCUT2D eigenvalue weighted by Crippen LogP contribution is -2.34. The van der Waals surface area contributed by atoms with Crippen molar-refractivity contribution in [2.24, 2.45) is 5.73 Å². The van der Waals surface area contributed by atoms with Gasteiger partial charge in [-0.15, -0.1) is 11.3 Å². The summed E-state index contributed by atoms with van der Waals surface area (Å²) in [6, 6.07) is 5.19. The van der Waals surface area contributed by atoms with Crippen LogP contribution in [-0.2, 0) is 4.79 Å². The van der Waals surface area contributed by atoms with Crippen LogP contribution in [0.25, 0.3) is 10.2 Å². The Morgan fingerprint density at radius 3 is 3.19 bits per heavy atom. The lowest BCUT2D eigenvalue weighted by molar-refractivity contribution is -0.117. The molecule has 0 saturated carbocycles. The van der Waals surface area contributed by atoms with Crippen molar-refractivity contribution in [3.63, 3.8) is 0 Å². The molecule has 1 aromatic heterocycles. The molecular weight excluding hydrogens is 222 g/mol. The third-order valence-electron chi connectivity index (χ3n) is 2.38. The molecule has 3 N–H and O–H groups in total. The number of nitrogens with one attached hydrogen (secondary N) is 1. The van der Waals surface area contributed by atoms with Gasteiger partial charge in [-0.25, -0.2) is 4.98 Å². The van der Waals surface area contributed by atoms with Crippen LogP contribution in [0.5, 0.6) is 0 Å². The van der Waals surface area contributed by atoms with Crippen LogP contribution in [-0.4, -0.2) is 16.9 Å². The Balaban J connectivity index is 2.17. The van der Waals surface area contributed by atoms with E-state index in [9.17, 15) is 4.79 Å². The van der Waals surface area contributed by atoms with E-state index in [2.05, 4.69) is 10.3 Å². The summed E-state index contributed by atoms with van der Waals surface area (Å²) in [5.74, 6) is -0.147. The van der Waals surface area contributed by atoms with Crippen molar-refractivity contribution in [3.05, 3.63) is 23.7 Å². The number of hydrogen-bond donors (Lipinski definition) is 2. The Hall–Kier alpha value is -1.46.